The Morgan fingerprint density at radius 3 is 2.36 bits per heavy atom. The number of hydrogen-bond donors (Lipinski definition) is 1. The van der Waals surface area contributed by atoms with E-state index >= 15 is 0 Å². The largest absolute Gasteiger partial charge is 0.371 e. The van der Waals surface area contributed by atoms with Crippen molar-refractivity contribution in [3.63, 3.8) is 0 Å². The molecule has 0 atom stereocenters. The second-order valence-corrected chi connectivity index (χ2v) is 11.8. The molecule has 36 heavy (non-hydrogen) atoms. The molecule has 1 spiro atoms. The molecule has 6 rings (SSSR count). The summed E-state index contributed by atoms with van der Waals surface area (Å²) in [6.07, 6.45) is 8.16. The molecule has 1 N–H and O–H groups in total. The Bertz CT molecular complexity index is 1320. The molecule has 10 heteroatoms. The van der Waals surface area contributed by atoms with Crippen molar-refractivity contribution in [1.29, 1.82) is 0 Å². The van der Waals surface area contributed by atoms with Crippen LogP contribution in [0.1, 0.15) is 54.6 Å². The molecule has 1 amide bonds. The third-order valence-corrected chi connectivity index (χ3v) is 8.57. The summed E-state index contributed by atoms with van der Waals surface area (Å²) >= 11 is 2.29. The minimum Gasteiger partial charge on any atom is -0.371 e. The van der Waals surface area contributed by atoms with Gasteiger partial charge in [-0.1, -0.05) is 0 Å². The molecular formula is C26H29F2IN6O. The van der Waals surface area contributed by atoms with Crippen LogP contribution in [0.3, 0.4) is 0 Å². The minimum absolute atomic E-state index is 0.191. The van der Waals surface area contributed by atoms with E-state index in [-0.39, 0.29) is 31.8 Å². The standard InChI is InChI=1S/C26H29F2IN6O/c1-17-15-35-16-21(31-23(22(35)30-17)34-12-8-26(27,28)9-13-34)32-24(36)19-3-2-18(29)14-20(19)33-10-6-25(4-5-25)7-11-33/h2-3,14-16H,4-13H2,1H3,(H,32,36). The minimum atomic E-state index is -2.65. The van der Waals surface area contributed by atoms with Gasteiger partial charge in [0, 0.05) is 48.8 Å². The number of carbonyl (C=O) groups is 1. The van der Waals surface area contributed by atoms with Crippen LogP contribution in [-0.2, 0) is 0 Å². The molecule has 1 aromatic carbocycles. The Hall–Kier alpha value is -2.50. The number of halogens is 3. The summed E-state index contributed by atoms with van der Waals surface area (Å²) in [6, 6.07) is 5.90. The number of piperidine rings is 2. The van der Waals surface area contributed by atoms with Crippen molar-refractivity contribution >= 4 is 51.5 Å². The van der Waals surface area contributed by atoms with Crippen LogP contribution in [0, 0.1) is 15.9 Å². The van der Waals surface area contributed by atoms with Gasteiger partial charge in [-0.15, -0.1) is 0 Å². The van der Waals surface area contributed by atoms with Gasteiger partial charge in [0.1, 0.15) is 0 Å². The third kappa shape index (κ3) is 4.64. The first-order chi connectivity index (χ1) is 17.2. The Labute approximate surface area is 222 Å². The number of fused-ring (bicyclic) bond motifs is 1. The van der Waals surface area contributed by atoms with Crippen molar-refractivity contribution in [1.82, 2.24) is 14.4 Å². The number of nitrogens with zero attached hydrogens (tertiary/aromatic N) is 5. The van der Waals surface area contributed by atoms with Crippen molar-refractivity contribution in [2.24, 2.45) is 5.41 Å². The van der Waals surface area contributed by atoms with E-state index in [1.54, 1.807) is 6.20 Å². The van der Waals surface area contributed by atoms with Gasteiger partial charge < -0.3 is 19.5 Å². The molecule has 190 valence electrons. The highest BCUT2D eigenvalue weighted by molar-refractivity contribution is 14.1. The van der Waals surface area contributed by atoms with Gasteiger partial charge in [0.05, 0.1) is 23.1 Å². The summed E-state index contributed by atoms with van der Waals surface area (Å²) < 4.78 is 30.5. The highest BCUT2D eigenvalue weighted by Gasteiger charge is 2.44. The van der Waals surface area contributed by atoms with Gasteiger partial charge in [0.2, 0.25) is 0 Å². The van der Waals surface area contributed by atoms with Gasteiger partial charge >= 0.3 is 0 Å². The van der Waals surface area contributed by atoms with Crippen LogP contribution in [0.25, 0.3) is 5.65 Å². The van der Waals surface area contributed by atoms with Crippen molar-refractivity contribution in [3.05, 3.63) is 45.4 Å². The van der Waals surface area contributed by atoms with Crippen molar-refractivity contribution < 1.29 is 13.6 Å². The molecule has 0 bridgehead atoms. The quantitative estimate of drug-likeness (QED) is 0.397. The Morgan fingerprint density at radius 1 is 0.972 bits per heavy atom. The number of carbonyl (C=O) groups excluding carboxylic acids is 1. The summed E-state index contributed by atoms with van der Waals surface area (Å²) in [7, 11) is 0. The molecule has 3 fully saturated rings. The number of imidazole rings is 1. The third-order valence-electron chi connectivity index (χ3n) is 7.90. The van der Waals surface area contributed by atoms with Crippen LogP contribution in [0.5, 0.6) is 0 Å². The lowest BCUT2D eigenvalue weighted by molar-refractivity contribution is -0.0221. The van der Waals surface area contributed by atoms with Gasteiger partial charge in [0.25, 0.3) is 11.8 Å². The second-order valence-electron chi connectivity index (χ2n) is 10.5. The van der Waals surface area contributed by atoms with Crippen molar-refractivity contribution in [3.8, 4) is 0 Å². The number of rotatable bonds is 4. The highest BCUT2D eigenvalue weighted by Crippen LogP contribution is 2.54. The zero-order chi connectivity index (χ0) is 25.1. The lowest BCUT2D eigenvalue weighted by atomic mass is 9.93. The fourth-order valence-electron chi connectivity index (χ4n) is 5.46. The first kappa shape index (κ1) is 23.9. The summed E-state index contributed by atoms with van der Waals surface area (Å²) in [5, 5.41) is 2.98. The average Bonchev–Trinajstić information content (AvgIpc) is 3.48. The molecule has 1 saturated carbocycles. The predicted octanol–water partition coefficient (Wildman–Crippen LogP) is 5.51. The Balaban J connectivity index is 1.29. The van der Waals surface area contributed by atoms with Gasteiger partial charge in [-0.05, 0) is 78.8 Å². The lowest BCUT2D eigenvalue weighted by Gasteiger charge is -2.35. The number of hydrogen-bond acceptors (Lipinski definition) is 5. The van der Waals surface area contributed by atoms with Crippen LogP contribution < -0.4 is 15.1 Å². The molecule has 1 aliphatic carbocycles. The van der Waals surface area contributed by atoms with Crippen LogP contribution in [0.2, 0.25) is 0 Å². The number of amides is 1. The van der Waals surface area contributed by atoms with E-state index in [1.165, 1.54) is 25.7 Å². The van der Waals surface area contributed by atoms with Crippen molar-refractivity contribution in [2.45, 2.75) is 51.4 Å². The maximum Gasteiger partial charge on any atom is 0.258 e. The van der Waals surface area contributed by atoms with E-state index in [1.807, 2.05) is 34.6 Å². The molecule has 4 heterocycles. The molecule has 2 aliphatic heterocycles. The maximum atomic E-state index is 13.8. The lowest BCUT2D eigenvalue weighted by Crippen LogP contribution is -2.40. The molecule has 3 aliphatic rings. The van der Waals surface area contributed by atoms with Gasteiger partial charge in [0.15, 0.2) is 17.3 Å². The number of nitrogens with one attached hydrogen (secondary N) is 1. The van der Waals surface area contributed by atoms with Gasteiger partial charge in [-0.3, -0.25) is 4.79 Å². The van der Waals surface area contributed by atoms with Crippen molar-refractivity contribution in [2.75, 3.05) is 41.3 Å². The van der Waals surface area contributed by atoms with Crippen LogP contribution in [-0.4, -0.2) is 52.4 Å². The normalized spacial score (nSPS) is 20.7. The van der Waals surface area contributed by atoms with E-state index < -0.39 is 5.92 Å². The summed E-state index contributed by atoms with van der Waals surface area (Å²) in [5.41, 5.74) is 3.52. The zero-order valence-corrected chi connectivity index (χ0v) is 22.4. The fourth-order valence-corrected chi connectivity index (χ4v) is 5.94. The maximum absolute atomic E-state index is 13.8. The number of aromatic nitrogens is 3. The van der Waals surface area contributed by atoms with Gasteiger partial charge in [-0.2, -0.15) is 0 Å². The van der Waals surface area contributed by atoms with E-state index in [0.29, 0.717) is 28.3 Å². The van der Waals surface area contributed by atoms with E-state index in [9.17, 15) is 13.6 Å². The highest BCUT2D eigenvalue weighted by atomic mass is 127. The second kappa shape index (κ2) is 8.81. The molecule has 2 aromatic heterocycles. The average molecular weight is 606 g/mol. The Kier molecular flexibility index (Phi) is 5.84. The molecule has 0 unspecified atom stereocenters. The number of aryl methyl sites for hydroxylation is 1. The summed E-state index contributed by atoms with van der Waals surface area (Å²) in [5.74, 6) is -1.99. The zero-order valence-electron chi connectivity index (χ0n) is 20.2. The number of anilines is 3. The van der Waals surface area contributed by atoms with Crippen LogP contribution >= 0.6 is 22.6 Å². The van der Waals surface area contributed by atoms with E-state index in [4.69, 9.17) is 0 Å². The van der Waals surface area contributed by atoms with Crippen LogP contribution in [0.4, 0.5) is 26.1 Å². The first-order valence-corrected chi connectivity index (χ1v) is 13.6. The molecule has 2 saturated heterocycles. The summed E-state index contributed by atoms with van der Waals surface area (Å²) in [4.78, 5) is 26.9. The fraction of sp³-hybridized carbons (Fsp3) is 0.500. The number of alkyl halides is 2. The summed E-state index contributed by atoms with van der Waals surface area (Å²) in [6.45, 7) is 4.18. The SMILES string of the molecule is Cc1cn2cc(NC(=O)c3ccc(I)cc3N3CCC4(CC3)CC4)nc(N3CCC(F)(F)CC3)c2n1. The van der Waals surface area contributed by atoms with Crippen LogP contribution in [0.15, 0.2) is 30.6 Å². The van der Waals surface area contributed by atoms with E-state index in [2.05, 4.69) is 48.8 Å². The number of benzene rings is 1. The molecular weight excluding hydrogens is 577 g/mol. The van der Waals surface area contributed by atoms with Gasteiger partial charge in [-0.25, -0.2) is 18.7 Å². The Morgan fingerprint density at radius 2 is 1.67 bits per heavy atom. The monoisotopic (exact) mass is 606 g/mol. The topological polar surface area (TPSA) is 65.8 Å². The molecule has 3 aromatic rings. The predicted molar refractivity (Wildman–Crippen MR) is 144 cm³/mol. The smallest absolute Gasteiger partial charge is 0.258 e. The van der Waals surface area contributed by atoms with E-state index in [0.717, 1.165) is 28.0 Å². The molecule has 7 nitrogen and oxygen atoms in total. The molecule has 0 radical (unpaired) electrons. The first-order valence-electron chi connectivity index (χ1n) is 12.6.